The predicted octanol–water partition coefficient (Wildman–Crippen LogP) is 1.86. The summed E-state index contributed by atoms with van der Waals surface area (Å²) in [5.74, 6) is -2.05. The highest BCUT2D eigenvalue weighted by atomic mass is 32.2. The fourth-order valence-corrected chi connectivity index (χ4v) is 4.17. The summed E-state index contributed by atoms with van der Waals surface area (Å²) in [5.41, 5.74) is 0.644. The van der Waals surface area contributed by atoms with Crippen molar-refractivity contribution in [3.63, 3.8) is 0 Å². The summed E-state index contributed by atoms with van der Waals surface area (Å²) in [7, 11) is -3.71. The number of carboxylic acid groups (broad SMARTS) is 1. The molecule has 0 aliphatic rings. The topological polar surface area (TPSA) is 104 Å². The van der Waals surface area contributed by atoms with Crippen molar-refractivity contribution < 1.29 is 23.1 Å². The number of aliphatic carboxylic acids is 1. The third kappa shape index (κ3) is 4.79. The molecule has 0 aromatic heterocycles. The van der Waals surface area contributed by atoms with Gasteiger partial charge in [0.05, 0.1) is 4.90 Å². The molecule has 140 valence electrons. The summed E-state index contributed by atoms with van der Waals surface area (Å²) in [6.07, 6.45) is 0. The Morgan fingerprint density at radius 1 is 1.20 bits per heavy atom. The quantitative estimate of drug-likeness (QED) is 0.727. The molecule has 0 aliphatic carbocycles. The van der Waals surface area contributed by atoms with Crippen molar-refractivity contribution >= 4 is 21.9 Å². The highest BCUT2D eigenvalue weighted by Crippen LogP contribution is 2.21. The van der Waals surface area contributed by atoms with Gasteiger partial charge in [-0.1, -0.05) is 33.8 Å². The number of nitrogens with one attached hydrogen (secondary N) is 1. The normalized spacial score (nSPS) is 13.1. The van der Waals surface area contributed by atoms with E-state index in [9.17, 15) is 23.1 Å². The van der Waals surface area contributed by atoms with E-state index in [1.807, 2.05) is 0 Å². The molecule has 1 unspecified atom stereocenters. The average molecular weight is 370 g/mol. The molecule has 0 heterocycles. The fraction of sp³-hybridized carbons (Fsp3) is 0.529. The van der Waals surface area contributed by atoms with E-state index in [1.165, 1.54) is 16.4 Å². The number of hydrogen-bond donors (Lipinski definition) is 2. The van der Waals surface area contributed by atoms with Gasteiger partial charge in [0.2, 0.25) is 10.0 Å². The highest BCUT2D eigenvalue weighted by Gasteiger charge is 2.27. The highest BCUT2D eigenvalue weighted by molar-refractivity contribution is 7.89. The van der Waals surface area contributed by atoms with E-state index < -0.39 is 27.9 Å². The lowest BCUT2D eigenvalue weighted by Gasteiger charge is -2.21. The molecule has 0 aliphatic heterocycles. The minimum Gasteiger partial charge on any atom is -0.480 e. The van der Waals surface area contributed by atoms with Crippen LogP contribution in [-0.4, -0.2) is 48.8 Å². The summed E-state index contributed by atoms with van der Waals surface area (Å²) >= 11 is 0. The molecule has 0 bridgehead atoms. The van der Waals surface area contributed by atoms with Crippen molar-refractivity contribution in [3.05, 3.63) is 29.3 Å². The van der Waals surface area contributed by atoms with E-state index in [0.717, 1.165) is 0 Å². The van der Waals surface area contributed by atoms with Gasteiger partial charge in [0, 0.05) is 18.7 Å². The molecule has 1 aromatic carbocycles. The lowest BCUT2D eigenvalue weighted by Crippen LogP contribution is -2.44. The van der Waals surface area contributed by atoms with E-state index in [1.54, 1.807) is 40.7 Å². The van der Waals surface area contributed by atoms with Gasteiger partial charge in [0.1, 0.15) is 6.04 Å². The molecular weight excluding hydrogens is 344 g/mol. The van der Waals surface area contributed by atoms with Crippen molar-refractivity contribution in [2.75, 3.05) is 13.1 Å². The molecule has 0 spiro atoms. The van der Waals surface area contributed by atoms with Gasteiger partial charge in [-0.2, -0.15) is 4.31 Å². The summed E-state index contributed by atoms with van der Waals surface area (Å²) in [5, 5.41) is 11.6. The molecule has 1 rings (SSSR count). The maximum atomic E-state index is 12.7. The van der Waals surface area contributed by atoms with Gasteiger partial charge in [0.15, 0.2) is 0 Å². The van der Waals surface area contributed by atoms with Crippen LogP contribution in [-0.2, 0) is 14.8 Å². The second-order valence-electron chi connectivity index (χ2n) is 6.10. The molecule has 25 heavy (non-hydrogen) atoms. The van der Waals surface area contributed by atoms with Crippen LogP contribution in [0.3, 0.4) is 0 Å². The lowest BCUT2D eigenvalue weighted by atomic mass is 10.0. The SMILES string of the molecule is CCN(CC)S(=O)(=O)c1cc(C(=O)NC(C(=O)O)C(C)C)ccc1C. The molecule has 0 saturated heterocycles. The van der Waals surface area contributed by atoms with Gasteiger partial charge in [-0.25, -0.2) is 13.2 Å². The van der Waals surface area contributed by atoms with E-state index in [4.69, 9.17) is 0 Å². The number of carboxylic acids is 1. The zero-order chi connectivity index (χ0) is 19.4. The first-order valence-electron chi connectivity index (χ1n) is 8.20. The van der Waals surface area contributed by atoms with Crippen LogP contribution < -0.4 is 5.32 Å². The van der Waals surface area contributed by atoms with Crippen LogP contribution in [0, 0.1) is 12.8 Å². The van der Waals surface area contributed by atoms with Gasteiger partial charge in [-0.15, -0.1) is 0 Å². The number of benzene rings is 1. The number of aryl methyl sites for hydroxylation is 1. The molecule has 7 nitrogen and oxygen atoms in total. The van der Waals surface area contributed by atoms with Crippen LogP contribution in [0.2, 0.25) is 0 Å². The molecule has 1 aromatic rings. The Bertz CT molecular complexity index is 739. The van der Waals surface area contributed by atoms with Gasteiger partial charge < -0.3 is 10.4 Å². The molecule has 0 radical (unpaired) electrons. The maximum Gasteiger partial charge on any atom is 0.326 e. The zero-order valence-electron chi connectivity index (χ0n) is 15.2. The average Bonchev–Trinajstić information content (AvgIpc) is 2.52. The van der Waals surface area contributed by atoms with Crippen LogP contribution in [0.25, 0.3) is 0 Å². The molecule has 1 atom stereocenters. The Morgan fingerprint density at radius 3 is 2.20 bits per heavy atom. The second-order valence-corrected chi connectivity index (χ2v) is 8.01. The van der Waals surface area contributed by atoms with Gasteiger partial charge in [-0.05, 0) is 30.5 Å². The summed E-state index contributed by atoms with van der Waals surface area (Å²) in [6.45, 7) is 9.16. The third-order valence-electron chi connectivity index (χ3n) is 3.99. The number of carbonyl (C=O) groups excluding carboxylic acids is 1. The van der Waals surface area contributed by atoms with Crippen molar-refractivity contribution in [1.82, 2.24) is 9.62 Å². The molecule has 8 heteroatoms. The van der Waals surface area contributed by atoms with E-state index in [0.29, 0.717) is 18.7 Å². The zero-order valence-corrected chi connectivity index (χ0v) is 16.1. The van der Waals surface area contributed by atoms with Gasteiger partial charge >= 0.3 is 5.97 Å². The van der Waals surface area contributed by atoms with Crippen LogP contribution in [0.15, 0.2) is 23.1 Å². The second kappa shape index (κ2) is 8.44. The van der Waals surface area contributed by atoms with Crippen molar-refractivity contribution in [2.24, 2.45) is 5.92 Å². The summed E-state index contributed by atoms with van der Waals surface area (Å²) in [4.78, 5) is 23.7. The smallest absolute Gasteiger partial charge is 0.326 e. The Kier molecular flexibility index (Phi) is 7.13. The Balaban J connectivity index is 3.25. The standard InChI is InChI=1S/C17H26N2O5S/c1-6-19(7-2)25(23,24)14-10-13(9-8-12(14)5)16(20)18-15(11(3)4)17(21)22/h8-11,15H,6-7H2,1-5H3,(H,18,20)(H,21,22). The van der Waals surface area contributed by atoms with Crippen LogP contribution >= 0.6 is 0 Å². The first kappa shape index (κ1) is 21.1. The molecule has 2 N–H and O–H groups in total. The fourth-order valence-electron chi connectivity index (χ4n) is 2.46. The third-order valence-corrected chi connectivity index (χ3v) is 6.18. The number of amides is 1. The summed E-state index contributed by atoms with van der Waals surface area (Å²) in [6, 6.07) is 3.30. The monoisotopic (exact) mass is 370 g/mol. The van der Waals surface area contributed by atoms with E-state index in [-0.39, 0.29) is 16.4 Å². The molecular formula is C17H26N2O5S. The molecule has 1 amide bonds. The first-order valence-corrected chi connectivity index (χ1v) is 9.64. The van der Waals surface area contributed by atoms with Crippen LogP contribution in [0.4, 0.5) is 0 Å². The maximum absolute atomic E-state index is 12.7. The minimum absolute atomic E-state index is 0.0558. The Hall–Kier alpha value is -1.93. The van der Waals surface area contributed by atoms with E-state index >= 15 is 0 Å². The Morgan fingerprint density at radius 2 is 1.76 bits per heavy atom. The van der Waals surface area contributed by atoms with Gasteiger partial charge in [-0.3, -0.25) is 4.79 Å². The Labute approximate surface area is 149 Å². The predicted molar refractivity (Wildman–Crippen MR) is 95.0 cm³/mol. The molecule has 0 fully saturated rings. The largest absolute Gasteiger partial charge is 0.480 e. The number of hydrogen-bond acceptors (Lipinski definition) is 4. The first-order chi connectivity index (χ1) is 11.6. The van der Waals surface area contributed by atoms with E-state index in [2.05, 4.69) is 5.32 Å². The minimum atomic E-state index is -3.71. The van der Waals surface area contributed by atoms with Crippen molar-refractivity contribution in [3.8, 4) is 0 Å². The molecule has 0 saturated carbocycles. The summed E-state index contributed by atoms with van der Waals surface area (Å²) < 4.78 is 26.8. The van der Waals surface area contributed by atoms with Crippen molar-refractivity contribution in [2.45, 2.75) is 45.6 Å². The van der Waals surface area contributed by atoms with Crippen LogP contribution in [0.5, 0.6) is 0 Å². The number of carbonyl (C=O) groups is 2. The van der Waals surface area contributed by atoms with Crippen molar-refractivity contribution in [1.29, 1.82) is 0 Å². The van der Waals surface area contributed by atoms with Crippen LogP contribution in [0.1, 0.15) is 43.6 Å². The number of sulfonamides is 1. The lowest BCUT2D eigenvalue weighted by molar-refractivity contribution is -0.140. The number of rotatable bonds is 8. The van der Waals surface area contributed by atoms with Gasteiger partial charge in [0.25, 0.3) is 5.91 Å². The number of nitrogens with zero attached hydrogens (tertiary/aromatic N) is 1.